The predicted octanol–water partition coefficient (Wildman–Crippen LogP) is 3.17. The van der Waals surface area contributed by atoms with Gasteiger partial charge in [-0.25, -0.2) is 4.79 Å². The van der Waals surface area contributed by atoms with E-state index in [0.717, 1.165) is 0 Å². The number of phenols is 1. The zero-order chi connectivity index (χ0) is 14.6. The van der Waals surface area contributed by atoms with Crippen molar-refractivity contribution in [1.29, 1.82) is 0 Å². The number of hydrogen-bond donors (Lipinski definition) is 3. The third-order valence-electron chi connectivity index (χ3n) is 2.19. The SMILES string of the molecule is CC(C)(C)OC(=O)Nc1cc(C(O)CBr)ccc1O. The van der Waals surface area contributed by atoms with Gasteiger partial charge in [0, 0.05) is 5.33 Å². The molecule has 0 fully saturated rings. The normalized spacial score (nSPS) is 12.9. The summed E-state index contributed by atoms with van der Waals surface area (Å²) in [5.41, 5.74) is 0.166. The number of ether oxygens (including phenoxy) is 1. The monoisotopic (exact) mass is 331 g/mol. The van der Waals surface area contributed by atoms with Gasteiger partial charge in [0.15, 0.2) is 0 Å². The van der Waals surface area contributed by atoms with Gasteiger partial charge in [-0.05, 0) is 38.5 Å². The number of aliphatic hydroxyl groups is 1. The minimum atomic E-state index is -0.709. The molecule has 0 aliphatic rings. The van der Waals surface area contributed by atoms with Gasteiger partial charge in [-0.1, -0.05) is 22.0 Å². The molecule has 0 heterocycles. The van der Waals surface area contributed by atoms with E-state index in [1.165, 1.54) is 12.1 Å². The maximum atomic E-state index is 11.6. The largest absolute Gasteiger partial charge is 0.506 e. The number of aliphatic hydroxyl groups excluding tert-OH is 1. The van der Waals surface area contributed by atoms with Crippen LogP contribution in [0.15, 0.2) is 18.2 Å². The number of alkyl halides is 1. The average Bonchev–Trinajstić information content (AvgIpc) is 2.28. The van der Waals surface area contributed by atoms with Crippen LogP contribution in [0.1, 0.15) is 32.4 Å². The summed E-state index contributed by atoms with van der Waals surface area (Å²) in [4.78, 5) is 11.6. The second-order valence-corrected chi connectivity index (χ2v) is 5.72. The Morgan fingerprint density at radius 2 is 2.11 bits per heavy atom. The number of amides is 1. The number of anilines is 1. The number of benzene rings is 1. The van der Waals surface area contributed by atoms with E-state index >= 15 is 0 Å². The highest BCUT2D eigenvalue weighted by Crippen LogP contribution is 2.28. The van der Waals surface area contributed by atoms with E-state index in [-0.39, 0.29) is 11.4 Å². The van der Waals surface area contributed by atoms with Gasteiger partial charge in [-0.15, -0.1) is 0 Å². The Morgan fingerprint density at radius 3 is 2.63 bits per heavy atom. The molecule has 106 valence electrons. The van der Waals surface area contributed by atoms with Crippen LogP contribution in [0.2, 0.25) is 0 Å². The lowest BCUT2D eigenvalue weighted by Crippen LogP contribution is -2.27. The summed E-state index contributed by atoms with van der Waals surface area (Å²) in [5, 5.41) is 22.2. The van der Waals surface area contributed by atoms with E-state index < -0.39 is 17.8 Å². The van der Waals surface area contributed by atoms with E-state index in [1.807, 2.05) is 0 Å². The average molecular weight is 332 g/mol. The second kappa shape index (κ2) is 6.25. The van der Waals surface area contributed by atoms with Crippen molar-refractivity contribution in [2.24, 2.45) is 0 Å². The standard InChI is InChI=1S/C13H18BrNO4/c1-13(2,3)19-12(18)15-9-6-8(11(17)7-14)4-5-10(9)16/h4-6,11,16-17H,7H2,1-3H3,(H,15,18). The zero-order valence-corrected chi connectivity index (χ0v) is 12.7. The molecule has 1 rings (SSSR count). The molecule has 0 saturated heterocycles. The first-order valence-electron chi connectivity index (χ1n) is 5.80. The van der Waals surface area contributed by atoms with Crippen LogP contribution in [-0.2, 0) is 4.74 Å². The number of aromatic hydroxyl groups is 1. The summed E-state index contributed by atoms with van der Waals surface area (Å²) >= 11 is 3.16. The number of carbonyl (C=O) groups is 1. The van der Waals surface area contributed by atoms with Gasteiger partial charge in [0.2, 0.25) is 0 Å². The van der Waals surface area contributed by atoms with E-state index in [9.17, 15) is 15.0 Å². The van der Waals surface area contributed by atoms with Gasteiger partial charge in [-0.2, -0.15) is 0 Å². The molecule has 0 bridgehead atoms. The summed E-state index contributed by atoms with van der Waals surface area (Å²) in [5.74, 6) is -0.0867. The zero-order valence-electron chi connectivity index (χ0n) is 11.1. The third-order valence-corrected chi connectivity index (χ3v) is 2.80. The Bertz CT molecular complexity index is 456. The van der Waals surface area contributed by atoms with E-state index in [4.69, 9.17) is 4.74 Å². The van der Waals surface area contributed by atoms with Gasteiger partial charge in [0.25, 0.3) is 0 Å². The van der Waals surface area contributed by atoms with Crippen molar-refractivity contribution in [2.75, 3.05) is 10.6 Å². The molecular formula is C13H18BrNO4. The highest BCUT2D eigenvalue weighted by atomic mass is 79.9. The molecular weight excluding hydrogens is 314 g/mol. The minimum Gasteiger partial charge on any atom is -0.506 e. The molecule has 1 aromatic carbocycles. The van der Waals surface area contributed by atoms with Crippen LogP contribution in [0.3, 0.4) is 0 Å². The quantitative estimate of drug-likeness (QED) is 0.587. The molecule has 1 aromatic rings. The first-order valence-corrected chi connectivity index (χ1v) is 6.92. The Kier molecular flexibility index (Phi) is 5.20. The molecule has 19 heavy (non-hydrogen) atoms. The Balaban J connectivity index is 2.85. The third kappa shape index (κ3) is 5.08. The highest BCUT2D eigenvalue weighted by Gasteiger charge is 2.18. The Labute approximate surface area is 120 Å². The molecule has 0 aliphatic heterocycles. The fourth-order valence-corrected chi connectivity index (χ4v) is 1.74. The molecule has 0 aliphatic carbocycles. The van der Waals surface area contributed by atoms with Crippen molar-refractivity contribution < 1.29 is 19.7 Å². The lowest BCUT2D eigenvalue weighted by Gasteiger charge is -2.20. The fraction of sp³-hybridized carbons (Fsp3) is 0.462. The maximum Gasteiger partial charge on any atom is 0.412 e. The summed E-state index contributed by atoms with van der Waals surface area (Å²) < 4.78 is 5.09. The summed E-state index contributed by atoms with van der Waals surface area (Å²) in [7, 11) is 0. The number of carbonyl (C=O) groups excluding carboxylic acids is 1. The second-order valence-electron chi connectivity index (χ2n) is 5.07. The molecule has 5 nitrogen and oxygen atoms in total. The molecule has 1 atom stereocenters. The fourth-order valence-electron chi connectivity index (χ4n) is 1.36. The first kappa shape index (κ1) is 15.8. The van der Waals surface area contributed by atoms with E-state index in [0.29, 0.717) is 10.9 Å². The van der Waals surface area contributed by atoms with E-state index in [1.54, 1.807) is 26.8 Å². The van der Waals surface area contributed by atoms with Crippen LogP contribution >= 0.6 is 15.9 Å². The predicted molar refractivity (Wildman–Crippen MR) is 76.7 cm³/mol. The Morgan fingerprint density at radius 1 is 1.47 bits per heavy atom. The Hall–Kier alpha value is -1.27. The lowest BCUT2D eigenvalue weighted by molar-refractivity contribution is 0.0635. The van der Waals surface area contributed by atoms with Crippen LogP contribution in [-0.4, -0.2) is 27.2 Å². The summed E-state index contributed by atoms with van der Waals surface area (Å²) in [6, 6.07) is 4.50. The van der Waals surface area contributed by atoms with Crippen LogP contribution < -0.4 is 5.32 Å². The van der Waals surface area contributed by atoms with Gasteiger partial charge in [0.1, 0.15) is 11.4 Å². The molecule has 0 saturated carbocycles. The van der Waals surface area contributed by atoms with Crippen LogP contribution in [0, 0.1) is 0 Å². The molecule has 0 aromatic heterocycles. The van der Waals surface area contributed by atoms with Crippen molar-refractivity contribution in [2.45, 2.75) is 32.5 Å². The number of hydrogen-bond acceptors (Lipinski definition) is 4. The molecule has 1 amide bonds. The van der Waals surface area contributed by atoms with Crippen molar-refractivity contribution >= 4 is 27.7 Å². The van der Waals surface area contributed by atoms with Gasteiger partial charge < -0.3 is 14.9 Å². The van der Waals surface area contributed by atoms with Gasteiger partial charge in [-0.3, -0.25) is 5.32 Å². The number of halogens is 1. The molecule has 0 spiro atoms. The van der Waals surface area contributed by atoms with Crippen molar-refractivity contribution in [3.05, 3.63) is 23.8 Å². The van der Waals surface area contributed by atoms with Crippen molar-refractivity contribution in [1.82, 2.24) is 0 Å². The van der Waals surface area contributed by atoms with Crippen molar-refractivity contribution in [3.8, 4) is 5.75 Å². The summed E-state index contributed by atoms with van der Waals surface area (Å²) in [6.07, 6.45) is -1.37. The molecule has 0 radical (unpaired) electrons. The van der Waals surface area contributed by atoms with Gasteiger partial charge in [0.05, 0.1) is 11.8 Å². The lowest BCUT2D eigenvalue weighted by atomic mass is 10.1. The number of nitrogens with one attached hydrogen (secondary N) is 1. The van der Waals surface area contributed by atoms with Crippen LogP contribution in [0.5, 0.6) is 5.75 Å². The van der Waals surface area contributed by atoms with Crippen LogP contribution in [0.25, 0.3) is 0 Å². The molecule has 3 N–H and O–H groups in total. The first-order chi connectivity index (χ1) is 8.73. The van der Waals surface area contributed by atoms with Crippen molar-refractivity contribution in [3.63, 3.8) is 0 Å². The molecule has 6 heteroatoms. The number of rotatable bonds is 3. The highest BCUT2D eigenvalue weighted by molar-refractivity contribution is 9.09. The maximum absolute atomic E-state index is 11.6. The van der Waals surface area contributed by atoms with E-state index in [2.05, 4.69) is 21.2 Å². The topological polar surface area (TPSA) is 78.8 Å². The summed E-state index contributed by atoms with van der Waals surface area (Å²) in [6.45, 7) is 5.24. The minimum absolute atomic E-state index is 0.0867. The van der Waals surface area contributed by atoms with Crippen LogP contribution in [0.4, 0.5) is 10.5 Å². The smallest absolute Gasteiger partial charge is 0.412 e. The van der Waals surface area contributed by atoms with Gasteiger partial charge >= 0.3 is 6.09 Å². The number of phenolic OH excluding ortho intramolecular Hbond substituents is 1. The molecule has 1 unspecified atom stereocenters.